The van der Waals surface area contributed by atoms with Gasteiger partial charge in [-0.25, -0.2) is 4.79 Å². The number of nitrogens with zero attached hydrogens (tertiary/aromatic N) is 2. The van der Waals surface area contributed by atoms with Crippen molar-refractivity contribution in [2.75, 3.05) is 5.32 Å². The molecule has 0 saturated heterocycles. The maximum Gasteiger partial charge on any atom is 0.328 e. The number of pyridine rings is 1. The van der Waals surface area contributed by atoms with Gasteiger partial charge in [-0.15, -0.1) is 0 Å². The van der Waals surface area contributed by atoms with Crippen LogP contribution < -0.4 is 5.32 Å². The fourth-order valence-electron chi connectivity index (χ4n) is 3.56. The first-order valence-electron chi connectivity index (χ1n) is 10.8. The van der Waals surface area contributed by atoms with Crippen LogP contribution in [0.25, 0.3) is 0 Å². The molecule has 6 nitrogen and oxygen atoms in total. The van der Waals surface area contributed by atoms with Gasteiger partial charge in [0.1, 0.15) is 5.69 Å². The molecule has 3 aromatic carbocycles. The summed E-state index contributed by atoms with van der Waals surface area (Å²) in [5.41, 5.74) is 3.54. The molecule has 0 aliphatic carbocycles. The van der Waals surface area contributed by atoms with Gasteiger partial charge in [0.05, 0.1) is 11.4 Å². The van der Waals surface area contributed by atoms with Crippen LogP contribution in [-0.4, -0.2) is 33.7 Å². The molecule has 0 fully saturated rings. The summed E-state index contributed by atoms with van der Waals surface area (Å²) in [4.78, 5) is 33.8. The molecular formula is C28H23N3O3. The van der Waals surface area contributed by atoms with Crippen LogP contribution in [0.4, 0.5) is 5.69 Å². The van der Waals surface area contributed by atoms with Crippen molar-refractivity contribution in [3.05, 3.63) is 132 Å². The second-order valence-electron chi connectivity index (χ2n) is 7.60. The summed E-state index contributed by atoms with van der Waals surface area (Å²) >= 11 is 0. The van der Waals surface area contributed by atoms with Crippen LogP contribution in [-0.2, 0) is 11.2 Å². The zero-order chi connectivity index (χ0) is 23.8. The third-order valence-corrected chi connectivity index (χ3v) is 5.22. The van der Waals surface area contributed by atoms with Crippen molar-refractivity contribution in [3.8, 4) is 0 Å². The van der Waals surface area contributed by atoms with Crippen molar-refractivity contribution < 1.29 is 14.7 Å². The van der Waals surface area contributed by atoms with E-state index in [1.165, 1.54) is 0 Å². The van der Waals surface area contributed by atoms with E-state index in [1.54, 1.807) is 36.5 Å². The number of nitrogens with one attached hydrogen (secondary N) is 1. The monoisotopic (exact) mass is 449 g/mol. The first-order valence-corrected chi connectivity index (χ1v) is 10.8. The third kappa shape index (κ3) is 5.61. The largest absolute Gasteiger partial charge is 0.480 e. The standard InChI is InChI=1S/C28H23N3O3/c32-27(24-17-9-10-18-29-24)31-23-16-8-7-15-22(23)26(21-13-5-2-6-14-21)30-25(28(33)34)19-20-11-3-1-4-12-20/h1-18,25H,19H2,(H,31,32)(H,33,34). The average Bonchev–Trinajstić information content (AvgIpc) is 2.88. The van der Waals surface area contributed by atoms with Crippen LogP contribution in [0.3, 0.4) is 0 Å². The van der Waals surface area contributed by atoms with Crippen molar-refractivity contribution >= 4 is 23.3 Å². The predicted octanol–water partition coefficient (Wildman–Crippen LogP) is 4.87. The summed E-state index contributed by atoms with van der Waals surface area (Å²) in [6, 6.07) is 30.1. The number of carboxylic acids is 1. The summed E-state index contributed by atoms with van der Waals surface area (Å²) in [7, 11) is 0. The van der Waals surface area contributed by atoms with Gasteiger partial charge in [0.15, 0.2) is 6.04 Å². The van der Waals surface area contributed by atoms with E-state index in [0.717, 1.165) is 11.1 Å². The molecule has 1 amide bonds. The SMILES string of the molecule is O=C(Nc1ccccc1C(=NC(Cc1ccccc1)C(=O)O)c1ccccc1)c1ccccn1. The Labute approximate surface area is 197 Å². The molecule has 4 rings (SSSR count). The van der Waals surface area contributed by atoms with E-state index in [4.69, 9.17) is 4.99 Å². The number of benzene rings is 3. The average molecular weight is 450 g/mol. The molecule has 0 aliphatic heterocycles. The van der Waals surface area contributed by atoms with Crippen molar-refractivity contribution in [2.24, 2.45) is 4.99 Å². The highest BCUT2D eigenvalue weighted by Crippen LogP contribution is 2.22. The summed E-state index contributed by atoms with van der Waals surface area (Å²) < 4.78 is 0. The summed E-state index contributed by atoms with van der Waals surface area (Å²) in [5.74, 6) is -1.38. The molecule has 6 heteroatoms. The highest BCUT2D eigenvalue weighted by atomic mass is 16.4. The predicted molar refractivity (Wildman–Crippen MR) is 132 cm³/mol. The van der Waals surface area contributed by atoms with Crippen LogP contribution in [0, 0.1) is 0 Å². The third-order valence-electron chi connectivity index (χ3n) is 5.22. The van der Waals surface area contributed by atoms with Gasteiger partial charge in [-0.2, -0.15) is 0 Å². The van der Waals surface area contributed by atoms with Crippen LogP contribution in [0.5, 0.6) is 0 Å². The smallest absolute Gasteiger partial charge is 0.328 e. The Balaban J connectivity index is 1.76. The van der Waals surface area contributed by atoms with Crippen LogP contribution in [0.2, 0.25) is 0 Å². The molecule has 1 heterocycles. The number of aliphatic carboxylic acids is 1. The highest BCUT2D eigenvalue weighted by molar-refractivity contribution is 6.18. The van der Waals surface area contributed by atoms with Crippen LogP contribution >= 0.6 is 0 Å². The second kappa shape index (κ2) is 10.8. The summed E-state index contributed by atoms with van der Waals surface area (Å²) in [5, 5.41) is 12.9. The van der Waals surface area contributed by atoms with Gasteiger partial charge >= 0.3 is 5.97 Å². The van der Waals surface area contributed by atoms with Gasteiger partial charge in [0.2, 0.25) is 0 Å². The summed E-state index contributed by atoms with van der Waals surface area (Å²) in [6.45, 7) is 0. The molecule has 4 aromatic rings. The molecular weight excluding hydrogens is 426 g/mol. The van der Waals surface area contributed by atoms with Crippen molar-refractivity contribution in [2.45, 2.75) is 12.5 Å². The van der Waals surface area contributed by atoms with E-state index in [9.17, 15) is 14.7 Å². The maximum absolute atomic E-state index is 12.8. The Morgan fingerprint density at radius 2 is 1.47 bits per heavy atom. The minimum Gasteiger partial charge on any atom is -0.480 e. The number of hydrogen-bond donors (Lipinski definition) is 2. The summed E-state index contributed by atoms with van der Waals surface area (Å²) in [6.07, 6.45) is 1.80. The normalized spacial score (nSPS) is 12.1. The molecule has 1 aromatic heterocycles. The van der Waals surface area contributed by atoms with Gasteiger partial charge < -0.3 is 10.4 Å². The number of carbonyl (C=O) groups is 2. The van der Waals surface area contributed by atoms with E-state index in [2.05, 4.69) is 10.3 Å². The molecule has 0 radical (unpaired) electrons. The molecule has 0 bridgehead atoms. The number of anilines is 1. The fraction of sp³-hybridized carbons (Fsp3) is 0.0714. The van der Waals surface area contributed by atoms with Crippen molar-refractivity contribution in [1.82, 2.24) is 4.98 Å². The van der Waals surface area contributed by atoms with Gasteiger partial charge in [-0.05, 0) is 23.8 Å². The molecule has 168 valence electrons. The number of aromatic nitrogens is 1. The van der Waals surface area contributed by atoms with E-state index >= 15 is 0 Å². The molecule has 0 saturated carbocycles. The topological polar surface area (TPSA) is 91.7 Å². The highest BCUT2D eigenvalue weighted by Gasteiger charge is 2.21. The fourth-order valence-corrected chi connectivity index (χ4v) is 3.56. The Bertz CT molecular complexity index is 1290. The van der Waals surface area contributed by atoms with Gasteiger partial charge in [0, 0.05) is 23.7 Å². The number of para-hydroxylation sites is 1. The minimum absolute atomic E-state index is 0.245. The number of carboxylic acid groups (broad SMARTS) is 1. The van der Waals surface area contributed by atoms with E-state index < -0.39 is 12.0 Å². The van der Waals surface area contributed by atoms with Gasteiger partial charge in [-0.3, -0.25) is 14.8 Å². The first kappa shape index (κ1) is 22.6. The molecule has 1 atom stereocenters. The Kier molecular flexibility index (Phi) is 7.20. The Hall–Kier alpha value is -4.58. The zero-order valence-corrected chi connectivity index (χ0v) is 18.3. The molecule has 34 heavy (non-hydrogen) atoms. The zero-order valence-electron chi connectivity index (χ0n) is 18.3. The number of aliphatic imine (C=N–C) groups is 1. The lowest BCUT2D eigenvalue weighted by Gasteiger charge is -2.16. The van der Waals surface area contributed by atoms with Crippen LogP contribution in [0.15, 0.2) is 114 Å². The van der Waals surface area contributed by atoms with Gasteiger partial charge in [-0.1, -0.05) is 84.9 Å². The lowest BCUT2D eigenvalue weighted by Crippen LogP contribution is -2.24. The first-order chi connectivity index (χ1) is 16.6. The molecule has 0 aliphatic rings. The Morgan fingerprint density at radius 1 is 0.824 bits per heavy atom. The second-order valence-corrected chi connectivity index (χ2v) is 7.60. The number of hydrogen-bond acceptors (Lipinski definition) is 4. The van der Waals surface area contributed by atoms with E-state index in [1.807, 2.05) is 72.8 Å². The lowest BCUT2D eigenvalue weighted by molar-refractivity contribution is -0.138. The minimum atomic E-state index is -1.02. The van der Waals surface area contributed by atoms with Crippen molar-refractivity contribution in [3.63, 3.8) is 0 Å². The Morgan fingerprint density at radius 3 is 2.15 bits per heavy atom. The van der Waals surface area contributed by atoms with Gasteiger partial charge in [0.25, 0.3) is 5.91 Å². The number of carbonyl (C=O) groups excluding carboxylic acids is 1. The van der Waals surface area contributed by atoms with E-state index in [-0.39, 0.29) is 18.0 Å². The molecule has 0 spiro atoms. The maximum atomic E-state index is 12.8. The molecule has 1 unspecified atom stereocenters. The number of rotatable bonds is 8. The number of amides is 1. The van der Waals surface area contributed by atoms with Crippen LogP contribution in [0.1, 0.15) is 27.2 Å². The van der Waals surface area contributed by atoms with E-state index in [0.29, 0.717) is 17.0 Å². The molecule has 2 N–H and O–H groups in total. The quantitative estimate of drug-likeness (QED) is 0.376. The van der Waals surface area contributed by atoms with Crippen molar-refractivity contribution in [1.29, 1.82) is 0 Å². The lowest BCUT2D eigenvalue weighted by atomic mass is 9.99.